The SMILES string of the molecule is Cc1cc(F)c(CCN)cc1CCN. The van der Waals surface area contributed by atoms with Crippen LogP contribution in [0.4, 0.5) is 4.39 Å². The fourth-order valence-electron chi connectivity index (χ4n) is 1.54. The van der Waals surface area contributed by atoms with E-state index in [0.717, 1.165) is 17.5 Å². The Balaban J connectivity index is 3.00. The average molecular weight is 196 g/mol. The molecule has 0 aliphatic rings. The second kappa shape index (κ2) is 5.08. The van der Waals surface area contributed by atoms with Crippen molar-refractivity contribution in [1.82, 2.24) is 0 Å². The Morgan fingerprint density at radius 1 is 1.07 bits per heavy atom. The molecule has 0 saturated heterocycles. The van der Waals surface area contributed by atoms with Crippen molar-refractivity contribution >= 4 is 0 Å². The Labute approximate surface area is 84.1 Å². The summed E-state index contributed by atoms with van der Waals surface area (Å²) in [5.74, 6) is -0.159. The van der Waals surface area contributed by atoms with Crippen LogP contribution in [0, 0.1) is 12.7 Å². The summed E-state index contributed by atoms with van der Waals surface area (Å²) >= 11 is 0. The van der Waals surface area contributed by atoms with Crippen LogP contribution < -0.4 is 11.5 Å². The molecule has 0 atom stereocenters. The zero-order valence-electron chi connectivity index (χ0n) is 8.52. The van der Waals surface area contributed by atoms with Crippen molar-refractivity contribution in [3.05, 3.63) is 34.6 Å². The van der Waals surface area contributed by atoms with Crippen molar-refractivity contribution in [1.29, 1.82) is 0 Å². The van der Waals surface area contributed by atoms with E-state index < -0.39 is 0 Å². The third-order valence-corrected chi connectivity index (χ3v) is 2.33. The van der Waals surface area contributed by atoms with Crippen molar-refractivity contribution in [2.45, 2.75) is 19.8 Å². The predicted molar refractivity (Wildman–Crippen MR) is 56.7 cm³/mol. The molecule has 0 amide bonds. The minimum Gasteiger partial charge on any atom is -0.330 e. The van der Waals surface area contributed by atoms with E-state index in [1.807, 2.05) is 13.0 Å². The molecule has 78 valence electrons. The first-order valence-electron chi connectivity index (χ1n) is 4.87. The molecular weight excluding hydrogens is 179 g/mol. The smallest absolute Gasteiger partial charge is 0.126 e. The zero-order chi connectivity index (χ0) is 10.6. The van der Waals surface area contributed by atoms with E-state index in [4.69, 9.17) is 11.5 Å². The number of nitrogens with two attached hydrogens (primary N) is 2. The third kappa shape index (κ3) is 2.53. The van der Waals surface area contributed by atoms with Gasteiger partial charge in [0.25, 0.3) is 0 Å². The Bertz CT molecular complexity index is 283. The van der Waals surface area contributed by atoms with Crippen LogP contribution in [0.5, 0.6) is 0 Å². The van der Waals surface area contributed by atoms with Gasteiger partial charge in [0.2, 0.25) is 0 Å². The van der Waals surface area contributed by atoms with Gasteiger partial charge in [-0.1, -0.05) is 6.07 Å². The zero-order valence-corrected chi connectivity index (χ0v) is 8.52. The van der Waals surface area contributed by atoms with E-state index in [1.54, 1.807) is 6.07 Å². The van der Waals surface area contributed by atoms with E-state index >= 15 is 0 Å². The van der Waals surface area contributed by atoms with Crippen molar-refractivity contribution in [3.8, 4) is 0 Å². The molecule has 1 rings (SSSR count). The summed E-state index contributed by atoms with van der Waals surface area (Å²) in [5, 5.41) is 0. The summed E-state index contributed by atoms with van der Waals surface area (Å²) in [5.41, 5.74) is 13.7. The average Bonchev–Trinajstić information content (AvgIpc) is 2.14. The van der Waals surface area contributed by atoms with Crippen LogP contribution in [0.25, 0.3) is 0 Å². The molecule has 3 heteroatoms. The van der Waals surface area contributed by atoms with Gasteiger partial charge in [-0.05, 0) is 55.6 Å². The Hall–Kier alpha value is -0.930. The molecular formula is C11H17FN2. The molecule has 0 aliphatic carbocycles. The van der Waals surface area contributed by atoms with Gasteiger partial charge >= 0.3 is 0 Å². The van der Waals surface area contributed by atoms with Crippen LogP contribution in [-0.4, -0.2) is 13.1 Å². The predicted octanol–water partition coefficient (Wildman–Crippen LogP) is 1.14. The lowest BCUT2D eigenvalue weighted by Gasteiger charge is -2.08. The minimum atomic E-state index is -0.159. The second-order valence-corrected chi connectivity index (χ2v) is 3.45. The maximum Gasteiger partial charge on any atom is 0.126 e. The molecule has 4 N–H and O–H groups in total. The van der Waals surface area contributed by atoms with Crippen LogP contribution in [0.2, 0.25) is 0 Å². The summed E-state index contributed by atoms with van der Waals surface area (Å²) < 4.78 is 13.4. The van der Waals surface area contributed by atoms with Gasteiger partial charge in [0.15, 0.2) is 0 Å². The lowest BCUT2D eigenvalue weighted by Crippen LogP contribution is -2.08. The molecule has 1 aromatic carbocycles. The van der Waals surface area contributed by atoms with Crippen molar-refractivity contribution in [2.75, 3.05) is 13.1 Å². The fraction of sp³-hybridized carbons (Fsp3) is 0.455. The molecule has 0 aliphatic heterocycles. The van der Waals surface area contributed by atoms with E-state index in [9.17, 15) is 4.39 Å². The first-order valence-corrected chi connectivity index (χ1v) is 4.87. The van der Waals surface area contributed by atoms with Gasteiger partial charge in [-0.25, -0.2) is 4.39 Å². The highest BCUT2D eigenvalue weighted by molar-refractivity contribution is 5.32. The van der Waals surface area contributed by atoms with E-state index in [1.165, 1.54) is 0 Å². The molecule has 0 spiro atoms. The van der Waals surface area contributed by atoms with Crippen LogP contribution in [0.1, 0.15) is 16.7 Å². The molecule has 0 aromatic heterocycles. The van der Waals surface area contributed by atoms with Gasteiger partial charge in [-0.3, -0.25) is 0 Å². The van der Waals surface area contributed by atoms with Gasteiger partial charge in [0.05, 0.1) is 0 Å². The molecule has 14 heavy (non-hydrogen) atoms. The lowest BCUT2D eigenvalue weighted by molar-refractivity contribution is 0.607. The second-order valence-electron chi connectivity index (χ2n) is 3.45. The maximum atomic E-state index is 13.4. The topological polar surface area (TPSA) is 52.0 Å². The summed E-state index contributed by atoms with van der Waals surface area (Å²) in [6.07, 6.45) is 1.38. The van der Waals surface area contributed by atoms with Crippen molar-refractivity contribution in [2.24, 2.45) is 11.5 Å². The summed E-state index contributed by atoms with van der Waals surface area (Å²) in [4.78, 5) is 0. The number of rotatable bonds is 4. The molecule has 0 saturated carbocycles. The van der Waals surface area contributed by atoms with E-state index in [0.29, 0.717) is 25.1 Å². The highest BCUT2D eigenvalue weighted by atomic mass is 19.1. The van der Waals surface area contributed by atoms with Crippen molar-refractivity contribution < 1.29 is 4.39 Å². The third-order valence-electron chi connectivity index (χ3n) is 2.33. The van der Waals surface area contributed by atoms with Crippen LogP contribution in [-0.2, 0) is 12.8 Å². The quantitative estimate of drug-likeness (QED) is 0.758. The monoisotopic (exact) mass is 196 g/mol. The molecule has 0 fully saturated rings. The standard InChI is InChI=1S/C11H17FN2/c1-8-6-11(12)10(3-5-14)7-9(8)2-4-13/h6-7H,2-5,13-14H2,1H3. The molecule has 0 heterocycles. The number of aryl methyl sites for hydroxylation is 1. The summed E-state index contributed by atoms with van der Waals surface area (Å²) in [6.45, 7) is 2.97. The highest BCUT2D eigenvalue weighted by Crippen LogP contribution is 2.16. The first kappa shape index (κ1) is 11.1. The molecule has 0 unspecified atom stereocenters. The van der Waals surface area contributed by atoms with Crippen molar-refractivity contribution in [3.63, 3.8) is 0 Å². The van der Waals surface area contributed by atoms with Gasteiger partial charge in [0.1, 0.15) is 5.82 Å². The number of hydrogen-bond donors (Lipinski definition) is 2. The van der Waals surface area contributed by atoms with Gasteiger partial charge < -0.3 is 11.5 Å². The summed E-state index contributed by atoms with van der Waals surface area (Å²) in [6, 6.07) is 3.44. The Morgan fingerprint density at radius 2 is 1.64 bits per heavy atom. The molecule has 2 nitrogen and oxygen atoms in total. The largest absolute Gasteiger partial charge is 0.330 e. The summed E-state index contributed by atoms with van der Waals surface area (Å²) in [7, 11) is 0. The number of benzene rings is 1. The molecule has 0 bridgehead atoms. The fourth-order valence-corrected chi connectivity index (χ4v) is 1.54. The molecule has 0 radical (unpaired) electrons. The number of halogens is 1. The van der Waals surface area contributed by atoms with Crippen LogP contribution in [0.3, 0.4) is 0 Å². The molecule has 1 aromatic rings. The lowest BCUT2D eigenvalue weighted by atomic mass is 10.0. The minimum absolute atomic E-state index is 0.159. The van der Waals surface area contributed by atoms with Crippen LogP contribution >= 0.6 is 0 Å². The first-order chi connectivity index (χ1) is 6.69. The Morgan fingerprint density at radius 3 is 2.21 bits per heavy atom. The maximum absolute atomic E-state index is 13.4. The highest BCUT2D eigenvalue weighted by Gasteiger charge is 2.05. The normalized spacial score (nSPS) is 10.6. The van der Waals surface area contributed by atoms with Gasteiger partial charge in [-0.15, -0.1) is 0 Å². The van der Waals surface area contributed by atoms with E-state index in [2.05, 4.69) is 0 Å². The van der Waals surface area contributed by atoms with Gasteiger partial charge in [-0.2, -0.15) is 0 Å². The Kier molecular flexibility index (Phi) is 4.04. The van der Waals surface area contributed by atoms with Crippen LogP contribution in [0.15, 0.2) is 12.1 Å². The number of hydrogen-bond acceptors (Lipinski definition) is 2. The van der Waals surface area contributed by atoms with E-state index in [-0.39, 0.29) is 5.82 Å². The van der Waals surface area contributed by atoms with Gasteiger partial charge in [0, 0.05) is 0 Å².